The Morgan fingerprint density at radius 1 is 1.50 bits per heavy atom. The third-order valence-corrected chi connectivity index (χ3v) is 3.31. The zero-order valence-electron chi connectivity index (χ0n) is 9.62. The normalized spacial score (nSPS) is 25.6. The van der Waals surface area contributed by atoms with Crippen LogP contribution in [0.1, 0.15) is 20.8 Å². The van der Waals surface area contributed by atoms with Crippen LogP contribution in [0.15, 0.2) is 12.2 Å². The van der Waals surface area contributed by atoms with Gasteiger partial charge in [-0.2, -0.15) is 0 Å². The van der Waals surface area contributed by atoms with Crippen molar-refractivity contribution < 1.29 is 14.4 Å². The zero-order valence-corrected chi connectivity index (χ0v) is 10.4. The van der Waals surface area contributed by atoms with Crippen LogP contribution in [-0.4, -0.2) is 23.2 Å². The Morgan fingerprint density at radius 3 is 2.56 bits per heavy atom. The number of ketones is 3. The van der Waals surface area contributed by atoms with Crippen molar-refractivity contribution in [3.05, 3.63) is 12.2 Å². The maximum Gasteiger partial charge on any atom is 0.173 e. The van der Waals surface area contributed by atoms with Crippen LogP contribution in [0.3, 0.4) is 0 Å². The molecule has 0 spiro atoms. The van der Waals surface area contributed by atoms with Crippen LogP contribution < -0.4 is 0 Å². The van der Waals surface area contributed by atoms with E-state index in [1.807, 2.05) is 0 Å². The lowest BCUT2D eigenvalue weighted by Crippen LogP contribution is -2.43. The molecule has 0 N–H and O–H groups in total. The van der Waals surface area contributed by atoms with Gasteiger partial charge in [-0.3, -0.25) is 14.4 Å². The number of alkyl halides is 1. The van der Waals surface area contributed by atoms with Gasteiger partial charge in [0.2, 0.25) is 0 Å². The summed E-state index contributed by atoms with van der Waals surface area (Å²) in [6.07, 6.45) is 2.87. The standard InChI is InChI=1S/C12H15ClO3/c1-7(6-13)10(15)9-8(14)4-5-12(2,3)11(9)16/h4-5,7,9H,6H2,1-3H3. The van der Waals surface area contributed by atoms with E-state index in [9.17, 15) is 14.4 Å². The molecule has 1 aliphatic carbocycles. The fourth-order valence-electron chi connectivity index (χ4n) is 1.60. The summed E-state index contributed by atoms with van der Waals surface area (Å²) in [7, 11) is 0. The summed E-state index contributed by atoms with van der Waals surface area (Å²) in [5.74, 6) is -2.63. The van der Waals surface area contributed by atoms with E-state index in [1.54, 1.807) is 26.8 Å². The molecule has 0 saturated heterocycles. The first-order valence-corrected chi connectivity index (χ1v) is 5.72. The molecule has 0 radical (unpaired) electrons. The van der Waals surface area contributed by atoms with Crippen molar-refractivity contribution >= 4 is 29.0 Å². The second-order valence-corrected chi connectivity index (χ2v) is 5.02. The Bertz CT molecular complexity index is 368. The van der Waals surface area contributed by atoms with E-state index in [0.717, 1.165) is 0 Å². The second kappa shape index (κ2) is 4.50. The Labute approximate surface area is 99.8 Å². The van der Waals surface area contributed by atoms with Crippen LogP contribution in [0.5, 0.6) is 0 Å². The van der Waals surface area contributed by atoms with Gasteiger partial charge in [-0.15, -0.1) is 11.6 Å². The van der Waals surface area contributed by atoms with Gasteiger partial charge < -0.3 is 0 Å². The van der Waals surface area contributed by atoms with Gasteiger partial charge in [0.25, 0.3) is 0 Å². The Hall–Kier alpha value is -0.960. The molecule has 3 nitrogen and oxygen atoms in total. The topological polar surface area (TPSA) is 51.2 Å². The summed E-state index contributed by atoms with van der Waals surface area (Å²) in [5, 5.41) is 0. The minimum absolute atomic E-state index is 0.125. The Balaban J connectivity index is 3.05. The molecule has 0 aromatic heterocycles. The molecule has 0 fully saturated rings. The van der Waals surface area contributed by atoms with Crippen molar-refractivity contribution in [2.45, 2.75) is 20.8 Å². The molecule has 88 valence electrons. The highest BCUT2D eigenvalue weighted by molar-refractivity contribution is 6.27. The summed E-state index contributed by atoms with van der Waals surface area (Å²) in [6, 6.07) is 0. The van der Waals surface area contributed by atoms with Crippen LogP contribution in [0.25, 0.3) is 0 Å². The maximum atomic E-state index is 12.0. The molecule has 1 rings (SSSR count). The predicted molar refractivity (Wildman–Crippen MR) is 61.3 cm³/mol. The number of Topliss-reactive ketones (excluding diaryl/α,β-unsaturated/α-hetero) is 2. The highest BCUT2D eigenvalue weighted by Crippen LogP contribution is 2.30. The van der Waals surface area contributed by atoms with E-state index in [4.69, 9.17) is 11.6 Å². The molecule has 16 heavy (non-hydrogen) atoms. The summed E-state index contributed by atoms with van der Waals surface area (Å²) < 4.78 is 0. The number of hydrogen-bond acceptors (Lipinski definition) is 3. The summed E-state index contributed by atoms with van der Waals surface area (Å²) in [5.41, 5.74) is -0.750. The molecule has 1 aliphatic rings. The van der Waals surface area contributed by atoms with Crippen LogP contribution >= 0.6 is 11.6 Å². The van der Waals surface area contributed by atoms with Gasteiger partial charge in [0, 0.05) is 17.2 Å². The molecule has 2 unspecified atom stereocenters. The number of rotatable bonds is 3. The predicted octanol–water partition coefficient (Wildman–Crippen LogP) is 1.78. The van der Waals surface area contributed by atoms with Gasteiger partial charge in [-0.25, -0.2) is 0 Å². The van der Waals surface area contributed by atoms with E-state index in [1.165, 1.54) is 6.08 Å². The minimum atomic E-state index is -1.16. The molecule has 4 heteroatoms. The maximum absolute atomic E-state index is 12.0. The first kappa shape index (κ1) is 13.1. The largest absolute Gasteiger partial charge is 0.298 e. The van der Waals surface area contributed by atoms with Crippen molar-refractivity contribution in [3.63, 3.8) is 0 Å². The third-order valence-electron chi connectivity index (χ3n) is 2.85. The van der Waals surface area contributed by atoms with E-state index < -0.39 is 23.0 Å². The lowest BCUT2D eigenvalue weighted by atomic mass is 9.72. The molecule has 0 aliphatic heterocycles. The fraction of sp³-hybridized carbons (Fsp3) is 0.583. The number of allylic oxidation sites excluding steroid dienone is 2. The third kappa shape index (κ3) is 2.24. The van der Waals surface area contributed by atoms with Crippen molar-refractivity contribution in [1.82, 2.24) is 0 Å². The van der Waals surface area contributed by atoms with Crippen molar-refractivity contribution in [2.24, 2.45) is 17.3 Å². The van der Waals surface area contributed by atoms with Crippen molar-refractivity contribution in [1.29, 1.82) is 0 Å². The number of carbonyl (C=O) groups is 3. The van der Waals surface area contributed by atoms with Crippen LogP contribution in [0, 0.1) is 17.3 Å². The Kier molecular flexibility index (Phi) is 3.68. The molecule has 0 heterocycles. The number of hydrogen-bond donors (Lipinski definition) is 0. The van der Waals surface area contributed by atoms with E-state index in [-0.39, 0.29) is 17.4 Å². The first-order valence-electron chi connectivity index (χ1n) is 5.18. The quantitative estimate of drug-likeness (QED) is 0.560. The molecule has 0 saturated carbocycles. The number of halogens is 1. The highest BCUT2D eigenvalue weighted by Gasteiger charge is 2.43. The average molecular weight is 243 g/mol. The molecule has 2 atom stereocenters. The summed E-state index contributed by atoms with van der Waals surface area (Å²) in [6.45, 7) is 5.02. The molecular weight excluding hydrogens is 228 g/mol. The van der Waals surface area contributed by atoms with Gasteiger partial charge in [0.05, 0.1) is 0 Å². The van der Waals surface area contributed by atoms with E-state index in [0.29, 0.717) is 0 Å². The molecule has 0 amide bonds. The van der Waals surface area contributed by atoms with Gasteiger partial charge >= 0.3 is 0 Å². The van der Waals surface area contributed by atoms with Crippen molar-refractivity contribution in [2.75, 3.05) is 5.88 Å². The van der Waals surface area contributed by atoms with Crippen LogP contribution in [0.4, 0.5) is 0 Å². The molecule has 0 aromatic rings. The molecular formula is C12H15ClO3. The van der Waals surface area contributed by atoms with Crippen molar-refractivity contribution in [3.8, 4) is 0 Å². The minimum Gasteiger partial charge on any atom is -0.298 e. The lowest BCUT2D eigenvalue weighted by Gasteiger charge is -2.28. The zero-order chi connectivity index (χ0) is 12.5. The Morgan fingerprint density at radius 2 is 2.06 bits per heavy atom. The van der Waals surface area contributed by atoms with Gasteiger partial charge in [0.1, 0.15) is 5.92 Å². The van der Waals surface area contributed by atoms with Crippen LogP contribution in [-0.2, 0) is 14.4 Å². The number of carbonyl (C=O) groups excluding carboxylic acids is 3. The first-order chi connectivity index (χ1) is 7.31. The smallest absolute Gasteiger partial charge is 0.173 e. The van der Waals surface area contributed by atoms with E-state index >= 15 is 0 Å². The molecule has 0 aromatic carbocycles. The van der Waals surface area contributed by atoms with E-state index in [2.05, 4.69) is 0 Å². The van der Waals surface area contributed by atoms with Gasteiger partial charge in [-0.05, 0) is 19.9 Å². The fourth-order valence-corrected chi connectivity index (χ4v) is 1.75. The summed E-state index contributed by atoms with van der Waals surface area (Å²) in [4.78, 5) is 35.4. The summed E-state index contributed by atoms with van der Waals surface area (Å²) >= 11 is 5.57. The average Bonchev–Trinajstić information content (AvgIpc) is 2.23. The van der Waals surface area contributed by atoms with Crippen LogP contribution in [0.2, 0.25) is 0 Å². The van der Waals surface area contributed by atoms with Gasteiger partial charge in [0.15, 0.2) is 17.3 Å². The highest BCUT2D eigenvalue weighted by atomic mass is 35.5. The molecule has 0 bridgehead atoms. The lowest BCUT2D eigenvalue weighted by molar-refractivity contribution is -0.143. The van der Waals surface area contributed by atoms with Gasteiger partial charge in [-0.1, -0.05) is 13.0 Å². The monoisotopic (exact) mass is 242 g/mol. The second-order valence-electron chi connectivity index (χ2n) is 4.71. The SMILES string of the molecule is CC(CCl)C(=O)C1C(=O)C=CC(C)(C)C1=O.